The quantitative estimate of drug-likeness (QED) is 0.741. The summed E-state index contributed by atoms with van der Waals surface area (Å²) in [5, 5.41) is 9.62. The van der Waals surface area contributed by atoms with Gasteiger partial charge in [-0.15, -0.1) is 0 Å². The molecule has 1 aliphatic heterocycles. The molecule has 0 aromatic heterocycles. The average molecular weight is 432 g/mol. The number of carbonyl (C=O) groups excluding carboxylic acids is 1. The number of carbonyl (C=O) groups is 1. The Hall–Kier alpha value is -2.43. The van der Waals surface area contributed by atoms with Gasteiger partial charge in [0.1, 0.15) is 17.6 Å². The Bertz CT molecular complexity index is 859. The predicted octanol–water partition coefficient (Wildman–Crippen LogP) is 3.62. The lowest BCUT2D eigenvalue weighted by atomic mass is 10.1. The van der Waals surface area contributed by atoms with E-state index in [9.17, 15) is 14.4 Å². The minimum atomic E-state index is -0.529. The Morgan fingerprint density at radius 2 is 1.85 bits per heavy atom. The van der Waals surface area contributed by atoms with Crippen LogP contribution in [0.15, 0.2) is 46.9 Å². The van der Waals surface area contributed by atoms with E-state index in [0.717, 1.165) is 11.3 Å². The van der Waals surface area contributed by atoms with Crippen LogP contribution < -0.4 is 4.74 Å². The molecule has 1 unspecified atom stereocenters. The van der Waals surface area contributed by atoms with E-state index in [0.29, 0.717) is 30.7 Å². The summed E-state index contributed by atoms with van der Waals surface area (Å²) in [6.07, 6.45) is 0. The first-order valence-electron chi connectivity index (χ1n) is 8.55. The Kier molecular flexibility index (Phi) is 6.09. The van der Waals surface area contributed by atoms with Gasteiger partial charge in [-0.25, -0.2) is 4.39 Å². The molecule has 7 heteroatoms. The van der Waals surface area contributed by atoms with Crippen LogP contribution in [0.2, 0.25) is 0 Å². The maximum atomic E-state index is 14.0. The molecule has 2 aromatic carbocycles. The van der Waals surface area contributed by atoms with Crippen LogP contribution in [0, 0.1) is 17.1 Å². The maximum absolute atomic E-state index is 14.0. The highest BCUT2D eigenvalue weighted by Crippen LogP contribution is 2.25. The minimum absolute atomic E-state index is 0.0600. The number of nitriles is 1. The Balaban J connectivity index is 1.67. The maximum Gasteiger partial charge on any atom is 0.256 e. The molecule has 27 heavy (non-hydrogen) atoms. The van der Waals surface area contributed by atoms with Crippen molar-refractivity contribution in [2.45, 2.75) is 6.04 Å². The molecule has 1 heterocycles. The number of hydrogen-bond donors (Lipinski definition) is 0. The third kappa shape index (κ3) is 4.29. The van der Waals surface area contributed by atoms with Crippen LogP contribution in [-0.2, 0) is 0 Å². The molecular weight excluding hydrogens is 413 g/mol. The third-order valence-corrected chi connectivity index (χ3v) is 5.17. The number of ether oxygens (including phenoxy) is 1. The van der Waals surface area contributed by atoms with Crippen molar-refractivity contribution in [1.29, 1.82) is 5.26 Å². The molecule has 1 fully saturated rings. The zero-order chi connectivity index (χ0) is 19.4. The Morgan fingerprint density at radius 1 is 1.19 bits per heavy atom. The van der Waals surface area contributed by atoms with Gasteiger partial charge in [0.15, 0.2) is 0 Å². The third-order valence-electron chi connectivity index (χ3n) is 4.68. The molecule has 3 rings (SSSR count). The average Bonchev–Trinajstić information content (AvgIpc) is 2.71. The van der Waals surface area contributed by atoms with Crippen molar-refractivity contribution in [3.63, 3.8) is 0 Å². The number of halogens is 2. The van der Waals surface area contributed by atoms with Crippen LogP contribution in [0.25, 0.3) is 0 Å². The largest absolute Gasteiger partial charge is 0.497 e. The number of hydrogen-bond acceptors (Lipinski definition) is 4. The summed E-state index contributed by atoms with van der Waals surface area (Å²) in [7, 11) is 1.60. The number of rotatable bonds is 4. The van der Waals surface area contributed by atoms with Crippen molar-refractivity contribution in [3.05, 3.63) is 63.9 Å². The molecule has 1 atom stereocenters. The second-order valence-electron chi connectivity index (χ2n) is 6.26. The smallest absolute Gasteiger partial charge is 0.256 e. The molecule has 0 saturated carbocycles. The van der Waals surface area contributed by atoms with E-state index in [1.807, 2.05) is 29.2 Å². The summed E-state index contributed by atoms with van der Waals surface area (Å²) in [6.45, 7) is 1.98. The highest BCUT2D eigenvalue weighted by molar-refractivity contribution is 9.10. The zero-order valence-electron chi connectivity index (χ0n) is 14.9. The van der Waals surface area contributed by atoms with Crippen molar-refractivity contribution in [1.82, 2.24) is 9.80 Å². The van der Waals surface area contributed by atoms with E-state index in [-0.39, 0.29) is 11.5 Å². The SMILES string of the molecule is COc1ccc(C(C#N)N2CCN(C(=O)c3cc(Br)ccc3F)CC2)cc1. The summed E-state index contributed by atoms with van der Waals surface area (Å²) in [4.78, 5) is 16.3. The van der Waals surface area contributed by atoms with Crippen molar-refractivity contribution >= 4 is 21.8 Å². The lowest BCUT2D eigenvalue weighted by Crippen LogP contribution is -2.49. The van der Waals surface area contributed by atoms with Crippen LogP contribution in [-0.4, -0.2) is 49.0 Å². The molecule has 140 valence electrons. The number of benzene rings is 2. The molecule has 0 N–H and O–H groups in total. The standard InChI is InChI=1S/C20H19BrFN3O2/c1-27-16-5-2-14(3-6-16)19(13-23)24-8-10-25(11-9-24)20(26)17-12-15(21)4-7-18(17)22/h2-7,12,19H,8-11H2,1H3. The van der Waals surface area contributed by atoms with Crippen molar-refractivity contribution < 1.29 is 13.9 Å². The van der Waals surface area contributed by atoms with Gasteiger partial charge in [0.05, 0.1) is 18.7 Å². The number of methoxy groups -OCH3 is 1. The molecule has 1 amide bonds. The van der Waals surface area contributed by atoms with Gasteiger partial charge in [0.25, 0.3) is 5.91 Å². The minimum Gasteiger partial charge on any atom is -0.497 e. The van der Waals surface area contributed by atoms with Gasteiger partial charge < -0.3 is 9.64 Å². The predicted molar refractivity (Wildman–Crippen MR) is 103 cm³/mol. The second kappa shape index (κ2) is 8.51. The molecule has 5 nitrogen and oxygen atoms in total. The lowest BCUT2D eigenvalue weighted by molar-refractivity contribution is 0.0602. The fourth-order valence-electron chi connectivity index (χ4n) is 3.17. The first-order valence-corrected chi connectivity index (χ1v) is 9.34. The summed E-state index contributed by atoms with van der Waals surface area (Å²) < 4.78 is 19.8. The topological polar surface area (TPSA) is 56.6 Å². The van der Waals surface area contributed by atoms with E-state index < -0.39 is 11.9 Å². The first kappa shape index (κ1) is 19.3. The van der Waals surface area contributed by atoms with Gasteiger partial charge >= 0.3 is 0 Å². The Morgan fingerprint density at radius 3 is 2.44 bits per heavy atom. The normalized spacial score (nSPS) is 15.9. The molecule has 1 saturated heterocycles. The monoisotopic (exact) mass is 431 g/mol. The van der Waals surface area contributed by atoms with Crippen molar-refractivity contribution in [2.24, 2.45) is 0 Å². The van der Waals surface area contributed by atoms with Crippen LogP contribution in [0.4, 0.5) is 4.39 Å². The lowest BCUT2D eigenvalue weighted by Gasteiger charge is -2.37. The van der Waals surface area contributed by atoms with Gasteiger partial charge in [0, 0.05) is 30.7 Å². The number of piperazine rings is 1. The van der Waals surface area contributed by atoms with E-state index in [2.05, 4.69) is 22.0 Å². The molecular formula is C20H19BrFN3O2. The molecule has 2 aromatic rings. The first-order chi connectivity index (χ1) is 13.0. The highest BCUT2D eigenvalue weighted by Gasteiger charge is 2.28. The number of nitrogens with zero attached hydrogens (tertiary/aromatic N) is 3. The molecule has 1 aliphatic rings. The van der Waals surface area contributed by atoms with E-state index in [1.165, 1.54) is 12.1 Å². The van der Waals surface area contributed by atoms with E-state index >= 15 is 0 Å². The van der Waals surface area contributed by atoms with Crippen LogP contribution in [0.1, 0.15) is 22.0 Å². The number of amides is 1. The van der Waals surface area contributed by atoms with Crippen molar-refractivity contribution in [3.8, 4) is 11.8 Å². The van der Waals surface area contributed by atoms with Crippen LogP contribution >= 0.6 is 15.9 Å². The zero-order valence-corrected chi connectivity index (χ0v) is 16.4. The summed E-state index contributed by atoms with van der Waals surface area (Å²) in [5.41, 5.74) is 0.945. The van der Waals surface area contributed by atoms with Gasteiger partial charge in [-0.2, -0.15) is 5.26 Å². The Labute approximate surface area is 166 Å². The highest BCUT2D eigenvalue weighted by atomic mass is 79.9. The fourth-order valence-corrected chi connectivity index (χ4v) is 3.53. The van der Waals surface area contributed by atoms with Gasteiger partial charge in [-0.3, -0.25) is 9.69 Å². The van der Waals surface area contributed by atoms with E-state index in [1.54, 1.807) is 18.1 Å². The summed E-state index contributed by atoms with van der Waals surface area (Å²) in [6, 6.07) is 13.7. The van der Waals surface area contributed by atoms with Gasteiger partial charge in [-0.05, 0) is 35.9 Å². The van der Waals surface area contributed by atoms with Gasteiger partial charge in [-0.1, -0.05) is 28.1 Å². The molecule has 0 spiro atoms. The second-order valence-corrected chi connectivity index (χ2v) is 7.17. The van der Waals surface area contributed by atoms with Crippen molar-refractivity contribution in [2.75, 3.05) is 33.3 Å². The summed E-state index contributed by atoms with van der Waals surface area (Å²) in [5.74, 6) is -0.118. The van der Waals surface area contributed by atoms with Crippen LogP contribution in [0.3, 0.4) is 0 Å². The molecule has 0 bridgehead atoms. The van der Waals surface area contributed by atoms with Gasteiger partial charge in [0.2, 0.25) is 0 Å². The summed E-state index contributed by atoms with van der Waals surface area (Å²) >= 11 is 3.27. The molecule has 0 aliphatic carbocycles. The fraction of sp³-hybridized carbons (Fsp3) is 0.300. The van der Waals surface area contributed by atoms with E-state index in [4.69, 9.17) is 4.74 Å². The molecule has 0 radical (unpaired) electrons. The van der Waals surface area contributed by atoms with Crippen LogP contribution in [0.5, 0.6) is 5.75 Å².